The zero-order valence-corrected chi connectivity index (χ0v) is 16.4. The van der Waals surface area contributed by atoms with Crippen LogP contribution in [0.25, 0.3) is 0 Å². The Bertz CT molecular complexity index is 1060. The Morgan fingerprint density at radius 3 is 2.25 bits per heavy atom. The lowest BCUT2D eigenvalue weighted by molar-refractivity contribution is -0.139. The summed E-state index contributed by atoms with van der Waals surface area (Å²) in [5.41, 5.74) is 9.70. The summed E-state index contributed by atoms with van der Waals surface area (Å²) in [6.07, 6.45) is -3.71. The molecular weight excluding hydrogens is 415 g/mol. The Morgan fingerprint density at radius 1 is 1.11 bits per heavy atom. The molecule has 2 aromatic rings. The second-order valence-corrected chi connectivity index (χ2v) is 8.89. The van der Waals surface area contributed by atoms with Crippen molar-refractivity contribution < 1.29 is 26.4 Å². The summed E-state index contributed by atoms with van der Waals surface area (Å²) in [5.74, 6) is -1.35. The summed E-state index contributed by atoms with van der Waals surface area (Å²) in [5, 5.41) is 0. The second-order valence-electron chi connectivity index (χ2n) is 5.82. The number of sulfone groups is 1. The Labute approximate surface area is 163 Å². The van der Waals surface area contributed by atoms with Crippen molar-refractivity contribution in [3.8, 4) is 0 Å². The Morgan fingerprint density at radius 2 is 1.71 bits per heavy atom. The van der Waals surface area contributed by atoms with Crippen LogP contribution in [0.15, 0.2) is 56.1 Å². The normalized spacial score (nSPS) is 11.9. The van der Waals surface area contributed by atoms with Crippen molar-refractivity contribution in [2.24, 2.45) is 16.5 Å². The van der Waals surface area contributed by atoms with Crippen molar-refractivity contribution in [3.05, 3.63) is 53.1 Å². The lowest BCUT2D eigenvalue weighted by Crippen LogP contribution is -2.24. The van der Waals surface area contributed by atoms with Crippen molar-refractivity contribution in [1.29, 1.82) is 0 Å². The van der Waals surface area contributed by atoms with E-state index in [0.29, 0.717) is 17.3 Å². The van der Waals surface area contributed by atoms with Crippen LogP contribution < -0.4 is 11.5 Å². The van der Waals surface area contributed by atoms with Gasteiger partial charge < -0.3 is 11.5 Å². The molecule has 0 atom stereocenters. The minimum atomic E-state index is -4.60. The van der Waals surface area contributed by atoms with Gasteiger partial charge in [-0.3, -0.25) is 4.79 Å². The van der Waals surface area contributed by atoms with Crippen LogP contribution in [0.2, 0.25) is 0 Å². The number of halogens is 3. The third-order valence-corrected chi connectivity index (χ3v) is 5.96. The molecule has 0 heterocycles. The van der Waals surface area contributed by atoms with E-state index in [1.54, 1.807) is 0 Å². The van der Waals surface area contributed by atoms with E-state index in [0.717, 1.165) is 18.4 Å². The van der Waals surface area contributed by atoms with Crippen LogP contribution in [0.3, 0.4) is 0 Å². The van der Waals surface area contributed by atoms with Crippen molar-refractivity contribution in [2.75, 3.05) is 6.26 Å². The fourth-order valence-corrected chi connectivity index (χ4v) is 4.76. The standard InChI is InChI=1S/C17H16F3N3O3S2/c1-9-7-13(27-12-6-4-3-5-11(12)17(18,19)20)14(28(2,25)26)8-10(9)15(24)23-16(21)22/h3-8H,1-2H3,(H4,21,22,23,24). The van der Waals surface area contributed by atoms with Gasteiger partial charge in [0.05, 0.1) is 10.5 Å². The summed E-state index contributed by atoms with van der Waals surface area (Å²) in [7, 11) is -3.87. The molecular formula is C17H16F3N3O3S2. The van der Waals surface area contributed by atoms with Crippen molar-refractivity contribution in [3.63, 3.8) is 0 Å². The predicted molar refractivity (Wildman–Crippen MR) is 100.0 cm³/mol. The molecule has 11 heteroatoms. The van der Waals surface area contributed by atoms with E-state index >= 15 is 0 Å². The highest BCUT2D eigenvalue weighted by Crippen LogP contribution is 2.41. The number of guanidine groups is 1. The number of hydrogen-bond donors (Lipinski definition) is 2. The van der Waals surface area contributed by atoms with E-state index in [1.165, 1.54) is 31.2 Å². The lowest BCUT2D eigenvalue weighted by atomic mass is 10.1. The monoisotopic (exact) mass is 431 g/mol. The highest BCUT2D eigenvalue weighted by molar-refractivity contribution is 8.00. The quantitative estimate of drug-likeness (QED) is 0.568. The van der Waals surface area contributed by atoms with Gasteiger partial charge in [-0.15, -0.1) is 0 Å². The van der Waals surface area contributed by atoms with E-state index in [2.05, 4.69) is 4.99 Å². The lowest BCUT2D eigenvalue weighted by Gasteiger charge is -2.15. The Hall–Kier alpha value is -2.53. The van der Waals surface area contributed by atoms with E-state index in [9.17, 15) is 26.4 Å². The number of carbonyl (C=O) groups is 1. The summed E-state index contributed by atoms with van der Waals surface area (Å²) >= 11 is 0.647. The van der Waals surface area contributed by atoms with Gasteiger partial charge in [0.2, 0.25) is 0 Å². The van der Waals surface area contributed by atoms with Crippen LogP contribution in [-0.4, -0.2) is 26.5 Å². The highest BCUT2D eigenvalue weighted by atomic mass is 32.2. The molecule has 6 nitrogen and oxygen atoms in total. The molecule has 0 aliphatic rings. The summed E-state index contributed by atoms with van der Waals surface area (Å²) in [6, 6.07) is 7.20. The molecule has 0 saturated heterocycles. The largest absolute Gasteiger partial charge is 0.417 e. The molecule has 0 unspecified atom stereocenters. The molecule has 1 amide bonds. The number of nitrogens with zero attached hydrogens (tertiary/aromatic N) is 1. The Kier molecular flexibility index (Phi) is 6.09. The molecule has 2 aromatic carbocycles. The van der Waals surface area contributed by atoms with Gasteiger partial charge in [0.1, 0.15) is 0 Å². The zero-order chi connectivity index (χ0) is 21.3. The van der Waals surface area contributed by atoms with Crippen molar-refractivity contribution in [2.45, 2.75) is 27.8 Å². The van der Waals surface area contributed by atoms with Crippen LogP contribution >= 0.6 is 11.8 Å². The first-order chi connectivity index (χ1) is 12.8. The average Bonchev–Trinajstić information content (AvgIpc) is 2.52. The van der Waals surface area contributed by atoms with Gasteiger partial charge in [-0.25, -0.2) is 8.42 Å². The molecule has 0 fully saturated rings. The van der Waals surface area contributed by atoms with Gasteiger partial charge in [-0.05, 0) is 36.8 Å². The van der Waals surface area contributed by atoms with E-state index in [-0.39, 0.29) is 20.2 Å². The van der Waals surface area contributed by atoms with Gasteiger partial charge in [0.15, 0.2) is 15.8 Å². The maximum absolute atomic E-state index is 13.2. The maximum Gasteiger partial charge on any atom is 0.417 e. The van der Waals surface area contributed by atoms with Crippen LogP contribution in [0.1, 0.15) is 21.5 Å². The fraction of sp³-hybridized carbons (Fsp3) is 0.176. The highest BCUT2D eigenvalue weighted by Gasteiger charge is 2.33. The molecule has 0 aliphatic heterocycles. The molecule has 0 aliphatic carbocycles. The SMILES string of the molecule is Cc1cc(Sc2ccccc2C(F)(F)F)c(S(C)(=O)=O)cc1C(=O)N=C(N)N. The molecule has 0 radical (unpaired) electrons. The Balaban J connectivity index is 2.65. The van der Waals surface area contributed by atoms with Crippen LogP contribution in [0.5, 0.6) is 0 Å². The number of alkyl halides is 3. The molecule has 0 aromatic heterocycles. The zero-order valence-electron chi connectivity index (χ0n) is 14.7. The first-order valence-corrected chi connectivity index (χ1v) is 10.3. The molecule has 150 valence electrons. The van der Waals surface area contributed by atoms with E-state index < -0.39 is 33.4 Å². The summed E-state index contributed by atoms with van der Waals surface area (Å²) < 4.78 is 64.1. The number of hydrogen-bond acceptors (Lipinski definition) is 4. The molecule has 4 N–H and O–H groups in total. The average molecular weight is 431 g/mol. The summed E-state index contributed by atoms with van der Waals surface area (Å²) in [4.78, 5) is 15.1. The van der Waals surface area contributed by atoms with Crippen molar-refractivity contribution >= 4 is 33.5 Å². The minimum Gasteiger partial charge on any atom is -0.370 e. The van der Waals surface area contributed by atoms with Crippen LogP contribution in [0, 0.1) is 6.92 Å². The minimum absolute atomic E-state index is 0.0537. The number of nitrogens with two attached hydrogens (primary N) is 2. The van der Waals surface area contributed by atoms with Crippen LogP contribution in [0.4, 0.5) is 13.2 Å². The molecule has 28 heavy (non-hydrogen) atoms. The predicted octanol–water partition coefficient (Wildman–Crippen LogP) is 2.98. The number of aryl methyl sites for hydroxylation is 1. The number of carbonyl (C=O) groups excluding carboxylic acids is 1. The number of amides is 1. The third kappa shape index (κ3) is 5.04. The third-order valence-electron chi connectivity index (χ3n) is 3.56. The van der Waals surface area contributed by atoms with Gasteiger partial charge in [0, 0.05) is 21.6 Å². The van der Waals surface area contributed by atoms with Gasteiger partial charge >= 0.3 is 6.18 Å². The van der Waals surface area contributed by atoms with Crippen molar-refractivity contribution in [1.82, 2.24) is 0 Å². The molecule has 0 saturated carbocycles. The van der Waals surface area contributed by atoms with E-state index in [1.807, 2.05) is 0 Å². The second kappa shape index (κ2) is 7.84. The molecule has 0 spiro atoms. The first-order valence-electron chi connectivity index (χ1n) is 7.63. The fourth-order valence-electron chi connectivity index (χ4n) is 2.35. The maximum atomic E-state index is 13.2. The first kappa shape index (κ1) is 21.8. The number of aliphatic imine (C=N–C) groups is 1. The smallest absolute Gasteiger partial charge is 0.370 e. The van der Waals surface area contributed by atoms with Gasteiger partial charge in [-0.2, -0.15) is 18.2 Å². The number of rotatable bonds is 4. The van der Waals surface area contributed by atoms with Gasteiger partial charge in [0.25, 0.3) is 5.91 Å². The van der Waals surface area contributed by atoms with Crippen LogP contribution in [-0.2, 0) is 16.0 Å². The topological polar surface area (TPSA) is 116 Å². The summed E-state index contributed by atoms with van der Waals surface area (Å²) in [6.45, 7) is 1.50. The molecule has 2 rings (SSSR count). The number of benzene rings is 2. The molecule has 0 bridgehead atoms. The van der Waals surface area contributed by atoms with Gasteiger partial charge in [-0.1, -0.05) is 23.9 Å². The van der Waals surface area contributed by atoms with E-state index in [4.69, 9.17) is 11.5 Å².